The van der Waals surface area contributed by atoms with Crippen molar-refractivity contribution in [2.24, 2.45) is 5.73 Å². The molecule has 3 atom stereocenters. The van der Waals surface area contributed by atoms with E-state index in [4.69, 9.17) is 10.5 Å². The summed E-state index contributed by atoms with van der Waals surface area (Å²) in [5, 5.41) is 9.35. The first-order valence-corrected chi connectivity index (χ1v) is 9.64. The number of piperidine rings is 1. The maximum absolute atomic E-state index is 12.7. The first-order chi connectivity index (χ1) is 12.4. The highest BCUT2D eigenvalue weighted by Gasteiger charge is 2.32. The van der Waals surface area contributed by atoms with E-state index in [1.54, 1.807) is 12.1 Å². The third kappa shape index (κ3) is 6.49. The molecule has 0 aromatic heterocycles. The Morgan fingerprint density at radius 1 is 1.14 bits per heavy atom. The Balaban J connectivity index is 0.00000196. The molecule has 0 saturated carbocycles. The first kappa shape index (κ1) is 25.0. The average Bonchev–Trinajstić information content (AvgIpc) is 2.62. The maximum atomic E-state index is 12.7. The van der Waals surface area contributed by atoms with Crippen LogP contribution in [-0.4, -0.2) is 71.3 Å². The summed E-state index contributed by atoms with van der Waals surface area (Å²) in [4.78, 5) is 17.1. The van der Waals surface area contributed by atoms with Gasteiger partial charge in [-0.15, -0.1) is 24.8 Å². The van der Waals surface area contributed by atoms with E-state index in [0.29, 0.717) is 12.5 Å². The van der Waals surface area contributed by atoms with Crippen molar-refractivity contribution in [3.05, 3.63) is 29.8 Å². The Hall–Kier alpha value is -1.05. The van der Waals surface area contributed by atoms with Crippen LogP contribution < -0.4 is 5.73 Å². The standard InChI is InChI=1S/C20H31N3O3.2ClH/c1-14-12-23(13-15(2)26-14)17-7-9-22(10-8-17)20(25)19(21)11-16-3-5-18(24)6-4-16;;/h3-6,14-15,17,19,24H,7-13,21H2,1-2H3;2*1H/t14-,15+,19-;;/m0../s1. The molecule has 8 heteroatoms. The molecule has 0 aliphatic carbocycles. The van der Waals surface area contributed by atoms with Crippen molar-refractivity contribution in [2.75, 3.05) is 26.2 Å². The molecule has 2 aliphatic heterocycles. The quantitative estimate of drug-likeness (QED) is 0.760. The van der Waals surface area contributed by atoms with Gasteiger partial charge in [-0.05, 0) is 50.8 Å². The number of phenolic OH excluding ortho intramolecular Hbond substituents is 1. The van der Waals surface area contributed by atoms with Gasteiger partial charge < -0.3 is 20.5 Å². The van der Waals surface area contributed by atoms with Crippen LogP contribution in [0.3, 0.4) is 0 Å². The molecule has 1 aromatic carbocycles. The van der Waals surface area contributed by atoms with Crippen molar-refractivity contribution in [3.8, 4) is 5.75 Å². The van der Waals surface area contributed by atoms with Crippen LogP contribution in [0, 0.1) is 0 Å². The Morgan fingerprint density at radius 2 is 1.68 bits per heavy atom. The van der Waals surface area contributed by atoms with Gasteiger partial charge in [0.05, 0.1) is 18.2 Å². The first-order valence-electron chi connectivity index (χ1n) is 9.64. The molecular formula is C20H33Cl2N3O3. The van der Waals surface area contributed by atoms with Crippen LogP contribution in [0.4, 0.5) is 0 Å². The Bertz CT molecular complexity index is 599. The van der Waals surface area contributed by atoms with E-state index in [2.05, 4.69) is 18.7 Å². The van der Waals surface area contributed by atoms with Gasteiger partial charge in [-0.1, -0.05) is 12.1 Å². The molecule has 3 rings (SSSR count). The Morgan fingerprint density at radius 3 is 2.21 bits per heavy atom. The minimum absolute atomic E-state index is 0. The van der Waals surface area contributed by atoms with Gasteiger partial charge in [-0.2, -0.15) is 0 Å². The van der Waals surface area contributed by atoms with Crippen molar-refractivity contribution < 1.29 is 14.6 Å². The smallest absolute Gasteiger partial charge is 0.239 e. The molecule has 0 radical (unpaired) electrons. The molecule has 1 aromatic rings. The summed E-state index contributed by atoms with van der Waals surface area (Å²) in [5.74, 6) is 0.253. The van der Waals surface area contributed by atoms with Gasteiger partial charge >= 0.3 is 0 Å². The molecule has 0 unspecified atom stereocenters. The van der Waals surface area contributed by atoms with Gasteiger partial charge in [0.25, 0.3) is 0 Å². The van der Waals surface area contributed by atoms with E-state index >= 15 is 0 Å². The molecule has 1 amide bonds. The monoisotopic (exact) mass is 433 g/mol. The molecule has 2 heterocycles. The molecule has 0 spiro atoms. The van der Waals surface area contributed by atoms with E-state index < -0.39 is 6.04 Å². The molecule has 2 fully saturated rings. The van der Waals surface area contributed by atoms with Crippen LogP contribution in [0.15, 0.2) is 24.3 Å². The summed E-state index contributed by atoms with van der Waals surface area (Å²) in [7, 11) is 0. The second-order valence-electron chi connectivity index (χ2n) is 7.74. The number of hydrogen-bond donors (Lipinski definition) is 2. The lowest BCUT2D eigenvalue weighted by atomic mass is 9.99. The number of nitrogens with two attached hydrogens (primary N) is 1. The number of halogens is 2. The molecule has 6 nitrogen and oxygen atoms in total. The van der Waals surface area contributed by atoms with E-state index in [9.17, 15) is 9.90 Å². The minimum Gasteiger partial charge on any atom is -0.508 e. The summed E-state index contributed by atoms with van der Waals surface area (Å²) >= 11 is 0. The van der Waals surface area contributed by atoms with Crippen LogP contribution in [-0.2, 0) is 16.0 Å². The molecule has 0 bridgehead atoms. The SMILES string of the molecule is C[C@@H]1CN(C2CCN(C(=O)[C@@H](N)Cc3ccc(O)cc3)CC2)C[C@H](C)O1.Cl.Cl. The van der Waals surface area contributed by atoms with Gasteiger partial charge in [0.2, 0.25) is 5.91 Å². The average molecular weight is 434 g/mol. The second-order valence-corrected chi connectivity index (χ2v) is 7.74. The summed E-state index contributed by atoms with van der Waals surface area (Å²) < 4.78 is 5.82. The Kier molecular flexibility index (Phi) is 10.0. The summed E-state index contributed by atoms with van der Waals surface area (Å²) in [6.07, 6.45) is 3.04. The number of hydrogen-bond acceptors (Lipinski definition) is 5. The van der Waals surface area contributed by atoms with Crippen molar-refractivity contribution in [1.29, 1.82) is 0 Å². The number of nitrogens with zero attached hydrogens (tertiary/aromatic N) is 2. The van der Waals surface area contributed by atoms with Crippen molar-refractivity contribution >= 4 is 30.7 Å². The zero-order chi connectivity index (χ0) is 18.7. The number of morpholine rings is 1. The van der Waals surface area contributed by atoms with Crippen LogP contribution in [0.5, 0.6) is 5.75 Å². The van der Waals surface area contributed by atoms with Crippen molar-refractivity contribution in [1.82, 2.24) is 9.80 Å². The largest absolute Gasteiger partial charge is 0.508 e. The van der Waals surface area contributed by atoms with Crippen molar-refractivity contribution in [2.45, 2.75) is 57.4 Å². The number of aromatic hydroxyl groups is 1. The Labute approximate surface area is 180 Å². The zero-order valence-electron chi connectivity index (χ0n) is 16.6. The summed E-state index contributed by atoms with van der Waals surface area (Å²) in [5.41, 5.74) is 7.12. The predicted octanol–water partition coefficient (Wildman–Crippen LogP) is 2.21. The predicted molar refractivity (Wildman–Crippen MR) is 115 cm³/mol. The highest BCUT2D eigenvalue weighted by molar-refractivity contribution is 5.85. The molecule has 2 saturated heterocycles. The van der Waals surface area contributed by atoms with Crippen molar-refractivity contribution in [3.63, 3.8) is 0 Å². The number of carbonyl (C=O) groups excluding carboxylic acids is 1. The number of amides is 1. The fourth-order valence-corrected chi connectivity index (χ4v) is 4.17. The maximum Gasteiger partial charge on any atom is 0.239 e. The van der Waals surface area contributed by atoms with Crippen LogP contribution in [0.2, 0.25) is 0 Å². The lowest BCUT2D eigenvalue weighted by Crippen LogP contribution is -2.55. The normalized spacial score (nSPS) is 24.8. The van der Waals surface area contributed by atoms with Gasteiger partial charge in [-0.3, -0.25) is 9.69 Å². The number of benzene rings is 1. The number of phenols is 1. The van der Waals surface area contributed by atoms with Gasteiger partial charge in [0.15, 0.2) is 0 Å². The summed E-state index contributed by atoms with van der Waals surface area (Å²) in [6, 6.07) is 6.89. The highest BCUT2D eigenvalue weighted by Crippen LogP contribution is 2.22. The number of likely N-dealkylation sites (tertiary alicyclic amines) is 1. The molecule has 160 valence electrons. The minimum atomic E-state index is -0.528. The van der Waals surface area contributed by atoms with Gasteiger partial charge in [-0.25, -0.2) is 0 Å². The van der Waals surface area contributed by atoms with E-state index in [1.807, 2.05) is 17.0 Å². The molecule has 2 aliphatic rings. The van der Waals surface area contributed by atoms with E-state index in [1.165, 1.54) is 0 Å². The number of carbonyl (C=O) groups is 1. The summed E-state index contributed by atoms with van der Waals surface area (Å²) in [6.45, 7) is 7.75. The lowest BCUT2D eigenvalue weighted by molar-refractivity contribution is -0.135. The van der Waals surface area contributed by atoms with Gasteiger partial charge in [0.1, 0.15) is 5.75 Å². The topological polar surface area (TPSA) is 79.0 Å². The third-order valence-corrected chi connectivity index (χ3v) is 5.45. The van der Waals surface area contributed by atoms with Crippen LogP contribution >= 0.6 is 24.8 Å². The lowest BCUT2D eigenvalue weighted by Gasteiger charge is -2.43. The van der Waals surface area contributed by atoms with E-state index in [0.717, 1.165) is 44.6 Å². The fourth-order valence-electron chi connectivity index (χ4n) is 4.17. The zero-order valence-corrected chi connectivity index (χ0v) is 18.3. The fraction of sp³-hybridized carbons (Fsp3) is 0.650. The van der Waals surface area contributed by atoms with E-state index in [-0.39, 0.29) is 48.7 Å². The molecular weight excluding hydrogens is 401 g/mol. The van der Waals surface area contributed by atoms with Crippen LogP contribution in [0.1, 0.15) is 32.3 Å². The third-order valence-electron chi connectivity index (χ3n) is 5.45. The van der Waals surface area contributed by atoms with Gasteiger partial charge in [0, 0.05) is 32.2 Å². The highest BCUT2D eigenvalue weighted by atomic mass is 35.5. The number of ether oxygens (including phenoxy) is 1. The molecule has 3 N–H and O–H groups in total. The number of rotatable bonds is 4. The molecule has 28 heavy (non-hydrogen) atoms. The van der Waals surface area contributed by atoms with Crippen LogP contribution in [0.25, 0.3) is 0 Å². The second kappa shape index (κ2) is 11.2.